The summed E-state index contributed by atoms with van der Waals surface area (Å²) in [5.74, 6) is -0.705. The number of ether oxygens (including phenoxy) is 1. The topological polar surface area (TPSA) is 94.7 Å². The van der Waals surface area contributed by atoms with Gasteiger partial charge < -0.3 is 25.6 Å². The maximum absolute atomic E-state index is 13.9. The molecule has 2 aliphatic heterocycles. The Labute approximate surface area is 237 Å². The van der Waals surface area contributed by atoms with Gasteiger partial charge in [0.1, 0.15) is 29.3 Å². The molecule has 5 rings (SSSR count). The second-order valence-electron chi connectivity index (χ2n) is 11.2. The van der Waals surface area contributed by atoms with Crippen LogP contribution in [0.1, 0.15) is 43.6 Å². The lowest BCUT2D eigenvalue weighted by Gasteiger charge is -2.38. The van der Waals surface area contributed by atoms with Crippen molar-refractivity contribution in [3.8, 4) is 5.75 Å². The van der Waals surface area contributed by atoms with Crippen LogP contribution in [0, 0.1) is 0 Å². The molecule has 1 amide bonds. The summed E-state index contributed by atoms with van der Waals surface area (Å²) in [6.45, 7) is 12.0. The van der Waals surface area contributed by atoms with E-state index in [0.29, 0.717) is 11.7 Å². The molecule has 0 atom stereocenters. The van der Waals surface area contributed by atoms with Crippen molar-refractivity contribution in [1.82, 2.24) is 20.2 Å². The maximum atomic E-state index is 13.9. The predicted molar refractivity (Wildman–Crippen MR) is 152 cm³/mol. The molecule has 218 valence electrons. The second-order valence-corrected chi connectivity index (χ2v) is 11.2. The van der Waals surface area contributed by atoms with Crippen LogP contribution in [-0.4, -0.2) is 65.1 Å². The number of anilines is 5. The molecule has 0 aliphatic carbocycles. The van der Waals surface area contributed by atoms with E-state index in [1.807, 2.05) is 24.3 Å². The average molecular weight is 570 g/mol. The van der Waals surface area contributed by atoms with Crippen LogP contribution in [0.25, 0.3) is 0 Å². The summed E-state index contributed by atoms with van der Waals surface area (Å²) in [5, 5.41) is 8.56. The molecule has 2 aliphatic rings. The van der Waals surface area contributed by atoms with E-state index in [1.54, 1.807) is 26.0 Å². The molecular formula is C29H34F3N7O2. The van der Waals surface area contributed by atoms with Gasteiger partial charge in [-0.05, 0) is 64.1 Å². The Morgan fingerprint density at radius 2 is 1.73 bits per heavy atom. The zero-order valence-electron chi connectivity index (χ0n) is 23.5. The average Bonchev–Trinajstić information content (AvgIpc) is 3.03. The molecule has 0 saturated carbocycles. The van der Waals surface area contributed by atoms with Gasteiger partial charge in [-0.15, -0.1) is 0 Å². The van der Waals surface area contributed by atoms with Crippen molar-refractivity contribution in [2.75, 3.05) is 48.3 Å². The molecule has 3 N–H and O–H groups in total. The normalized spacial score (nSPS) is 17.4. The van der Waals surface area contributed by atoms with E-state index < -0.39 is 29.0 Å². The second kappa shape index (κ2) is 11.1. The number of nitrogens with one attached hydrogen (secondary N) is 3. The molecule has 41 heavy (non-hydrogen) atoms. The van der Waals surface area contributed by atoms with Crippen LogP contribution in [0.15, 0.2) is 48.7 Å². The van der Waals surface area contributed by atoms with Crippen LogP contribution in [0.3, 0.4) is 0 Å². The molecular weight excluding hydrogens is 535 g/mol. The van der Waals surface area contributed by atoms with Gasteiger partial charge in [-0.1, -0.05) is 6.07 Å². The zero-order chi connectivity index (χ0) is 29.4. The van der Waals surface area contributed by atoms with Gasteiger partial charge in [0.25, 0.3) is 5.91 Å². The summed E-state index contributed by atoms with van der Waals surface area (Å²) in [5.41, 5.74) is 0.215. The third kappa shape index (κ3) is 6.48. The van der Waals surface area contributed by atoms with Crippen molar-refractivity contribution in [2.24, 2.45) is 0 Å². The summed E-state index contributed by atoms with van der Waals surface area (Å²) >= 11 is 0. The van der Waals surface area contributed by atoms with E-state index in [4.69, 9.17) is 4.74 Å². The summed E-state index contributed by atoms with van der Waals surface area (Å²) in [7, 11) is 0. The summed E-state index contributed by atoms with van der Waals surface area (Å²) in [6.07, 6.45) is -4.00. The monoisotopic (exact) mass is 569 g/mol. The Morgan fingerprint density at radius 3 is 2.39 bits per heavy atom. The molecule has 3 heterocycles. The van der Waals surface area contributed by atoms with Gasteiger partial charge in [0, 0.05) is 49.8 Å². The number of fused-ring (bicyclic) bond motifs is 1. The van der Waals surface area contributed by atoms with E-state index in [1.165, 1.54) is 6.07 Å². The number of hydrogen-bond donors (Lipinski definition) is 3. The first-order valence-electron chi connectivity index (χ1n) is 13.6. The van der Waals surface area contributed by atoms with Crippen molar-refractivity contribution in [3.63, 3.8) is 0 Å². The summed E-state index contributed by atoms with van der Waals surface area (Å²) in [6, 6.07) is 12.9. The largest absolute Gasteiger partial charge is 0.490 e. The van der Waals surface area contributed by atoms with Crippen LogP contribution >= 0.6 is 0 Å². The predicted octanol–water partition coefficient (Wildman–Crippen LogP) is 5.41. The number of nitrogens with zero attached hydrogens (tertiary/aromatic N) is 4. The fraction of sp³-hybridized carbons (Fsp3) is 0.414. The molecule has 1 saturated heterocycles. The van der Waals surface area contributed by atoms with Gasteiger partial charge in [0.15, 0.2) is 0 Å². The number of benzene rings is 2. The van der Waals surface area contributed by atoms with Gasteiger partial charge in [-0.3, -0.25) is 9.69 Å². The first kappa shape index (κ1) is 28.5. The first-order chi connectivity index (χ1) is 19.4. The lowest BCUT2D eigenvalue weighted by molar-refractivity contribution is -0.137. The third-order valence-electron chi connectivity index (χ3n) is 7.17. The smallest absolute Gasteiger partial charge is 0.421 e. The van der Waals surface area contributed by atoms with Crippen LogP contribution in [0.2, 0.25) is 0 Å². The van der Waals surface area contributed by atoms with Gasteiger partial charge in [0.2, 0.25) is 5.95 Å². The highest BCUT2D eigenvalue weighted by molar-refractivity contribution is 6.03. The Bertz CT molecular complexity index is 1400. The third-order valence-corrected chi connectivity index (χ3v) is 7.17. The Morgan fingerprint density at radius 1 is 1.02 bits per heavy atom. The fourth-order valence-corrected chi connectivity index (χ4v) is 4.91. The quantitative estimate of drug-likeness (QED) is 0.363. The highest BCUT2D eigenvalue weighted by Crippen LogP contribution is 2.38. The van der Waals surface area contributed by atoms with Crippen molar-refractivity contribution in [1.29, 1.82) is 0 Å². The van der Waals surface area contributed by atoms with E-state index in [-0.39, 0.29) is 29.6 Å². The lowest BCUT2D eigenvalue weighted by Crippen LogP contribution is -2.48. The van der Waals surface area contributed by atoms with Crippen LogP contribution < -0.4 is 25.6 Å². The van der Waals surface area contributed by atoms with Crippen molar-refractivity contribution < 1.29 is 22.7 Å². The van der Waals surface area contributed by atoms with Crippen LogP contribution in [-0.2, 0) is 6.18 Å². The number of piperazine rings is 1. The molecule has 0 radical (unpaired) electrons. The summed E-state index contributed by atoms with van der Waals surface area (Å²) in [4.78, 5) is 25.8. The molecule has 3 aromatic rings. The Kier molecular flexibility index (Phi) is 7.69. The Hall–Kier alpha value is -4.06. The van der Waals surface area contributed by atoms with Gasteiger partial charge in [-0.2, -0.15) is 18.2 Å². The molecule has 9 nitrogen and oxygen atoms in total. The molecule has 1 aromatic heterocycles. The van der Waals surface area contributed by atoms with E-state index in [9.17, 15) is 18.0 Å². The fourth-order valence-electron chi connectivity index (χ4n) is 4.91. The molecule has 0 spiro atoms. The minimum Gasteiger partial charge on any atom is -0.490 e. The number of rotatable bonds is 6. The van der Waals surface area contributed by atoms with Gasteiger partial charge in [0.05, 0.1) is 11.2 Å². The molecule has 2 aromatic carbocycles. The number of carbonyl (C=O) groups excluding carboxylic acids is 1. The number of halogens is 3. The SMILES string of the molecule is CC(C)N1CCN(c2ccc(Nc3ncc(C(F)(F)F)c(Nc4cccc5c4C(=O)NC(C)(C)CO5)n3)cc2)CC1. The lowest BCUT2D eigenvalue weighted by atomic mass is 10.1. The number of aromatic nitrogens is 2. The molecule has 0 bridgehead atoms. The standard InChI is InChI=1S/C29H34F3N7O2/c1-18(2)38-12-14-39(15-13-38)20-10-8-19(9-11-20)34-27-33-16-21(29(30,31)32)25(36-27)35-22-6-5-7-23-24(22)26(40)37-28(3,4)17-41-23/h5-11,16,18H,12-15,17H2,1-4H3,(H,37,40)(H2,33,34,35,36). The van der Waals surface area contributed by atoms with Crippen LogP contribution in [0.5, 0.6) is 5.75 Å². The van der Waals surface area contributed by atoms with E-state index >= 15 is 0 Å². The molecule has 12 heteroatoms. The highest BCUT2D eigenvalue weighted by atomic mass is 19.4. The van der Waals surface area contributed by atoms with Crippen LogP contribution in [0.4, 0.5) is 42.0 Å². The van der Waals surface area contributed by atoms with Gasteiger partial charge in [-0.25, -0.2) is 4.98 Å². The maximum Gasteiger partial charge on any atom is 0.421 e. The van der Waals surface area contributed by atoms with E-state index in [2.05, 4.69) is 49.6 Å². The number of hydrogen-bond acceptors (Lipinski definition) is 8. The zero-order valence-corrected chi connectivity index (χ0v) is 23.5. The van der Waals surface area contributed by atoms with Crippen molar-refractivity contribution in [3.05, 3.63) is 59.8 Å². The highest BCUT2D eigenvalue weighted by Gasteiger charge is 2.36. The van der Waals surface area contributed by atoms with Crippen molar-refractivity contribution >= 4 is 34.7 Å². The van der Waals surface area contributed by atoms with E-state index in [0.717, 1.165) is 38.1 Å². The number of alkyl halides is 3. The number of carbonyl (C=O) groups is 1. The van der Waals surface area contributed by atoms with Crippen molar-refractivity contribution in [2.45, 2.75) is 45.5 Å². The van der Waals surface area contributed by atoms with Gasteiger partial charge >= 0.3 is 6.18 Å². The molecule has 1 fully saturated rings. The Balaban J connectivity index is 1.37. The minimum absolute atomic E-state index is 0.0253. The number of amides is 1. The first-order valence-corrected chi connectivity index (χ1v) is 13.6. The molecule has 0 unspecified atom stereocenters. The minimum atomic E-state index is -4.73. The summed E-state index contributed by atoms with van der Waals surface area (Å²) < 4.78 is 47.6.